The van der Waals surface area contributed by atoms with Crippen molar-refractivity contribution >= 4 is 23.0 Å². The van der Waals surface area contributed by atoms with Crippen LogP contribution in [0, 0.1) is 0 Å². The van der Waals surface area contributed by atoms with Crippen molar-refractivity contribution in [3.8, 4) is 0 Å². The summed E-state index contributed by atoms with van der Waals surface area (Å²) in [6.07, 6.45) is 0.392. The van der Waals surface area contributed by atoms with E-state index in [9.17, 15) is 9.59 Å². The maximum absolute atomic E-state index is 12.0. The highest BCUT2D eigenvalue weighted by Crippen LogP contribution is 2.24. The minimum absolute atomic E-state index is 0.383. The predicted octanol–water partition coefficient (Wildman–Crippen LogP) is 3.68. The van der Waals surface area contributed by atoms with E-state index in [0.717, 1.165) is 22.0 Å². The molecule has 0 unspecified atom stereocenters. The number of nitrogens with one attached hydrogen (secondary N) is 1. The van der Waals surface area contributed by atoms with Gasteiger partial charge in [-0.3, -0.25) is 4.98 Å². The number of imide groups is 1. The largest absolute Gasteiger partial charge is 0.443 e. The zero-order valence-corrected chi connectivity index (χ0v) is 16.5. The van der Waals surface area contributed by atoms with E-state index in [2.05, 4.69) is 10.3 Å². The fourth-order valence-corrected chi connectivity index (χ4v) is 2.66. The number of carbonyl (C=O) groups excluding carboxylic acids is 2. The number of benzene rings is 1. The highest BCUT2D eigenvalue weighted by molar-refractivity contribution is 5.88. The van der Waals surface area contributed by atoms with Crippen LogP contribution in [0.5, 0.6) is 0 Å². The Kier molecular flexibility index (Phi) is 6.05. The number of carbonyl (C=O) groups is 2. The third-order valence-corrected chi connectivity index (χ3v) is 3.71. The maximum atomic E-state index is 12.0. The van der Waals surface area contributed by atoms with Crippen molar-refractivity contribution in [2.75, 3.05) is 0 Å². The third kappa shape index (κ3) is 6.21. The number of aromatic nitrogens is 1. The van der Waals surface area contributed by atoms with Crippen LogP contribution in [-0.2, 0) is 22.4 Å². The van der Waals surface area contributed by atoms with Crippen LogP contribution in [-0.4, -0.2) is 28.4 Å². The fourth-order valence-electron chi connectivity index (χ4n) is 2.66. The van der Waals surface area contributed by atoms with Crippen molar-refractivity contribution in [2.45, 2.75) is 58.8 Å². The highest BCUT2D eigenvalue weighted by Gasteiger charge is 2.27. The molecule has 2 amide bonds. The molecule has 0 bridgehead atoms. The molecule has 0 saturated heterocycles. The minimum atomic E-state index is -0.875. The molecule has 0 saturated carbocycles. The standard InChI is InChI=1S/C20H27N3O4/c1-19(2,3)26-17(24)23-18(25)27-20(4,5)11-16-15-7-6-13(12-21)10-14(15)8-9-22-16/h6-10H,11-12,21H2,1-5H3,(H,23,24,25). The molecule has 0 fully saturated rings. The van der Waals surface area contributed by atoms with Crippen LogP contribution in [0.1, 0.15) is 45.9 Å². The van der Waals surface area contributed by atoms with Crippen LogP contribution in [0.3, 0.4) is 0 Å². The number of pyridine rings is 1. The molecular weight excluding hydrogens is 346 g/mol. The Labute approximate surface area is 159 Å². The molecule has 1 heterocycles. The Hall–Kier alpha value is -2.67. The summed E-state index contributed by atoms with van der Waals surface area (Å²) in [5.41, 5.74) is 5.95. The summed E-state index contributed by atoms with van der Waals surface area (Å²) < 4.78 is 10.5. The Morgan fingerprint density at radius 3 is 2.37 bits per heavy atom. The highest BCUT2D eigenvalue weighted by atomic mass is 16.6. The average molecular weight is 373 g/mol. The quantitative estimate of drug-likeness (QED) is 0.847. The van der Waals surface area contributed by atoms with Crippen molar-refractivity contribution in [2.24, 2.45) is 5.73 Å². The minimum Gasteiger partial charge on any atom is -0.443 e. The molecule has 1 aromatic carbocycles. The molecular formula is C20H27N3O4. The van der Waals surface area contributed by atoms with E-state index in [0.29, 0.717) is 13.0 Å². The average Bonchev–Trinajstić information content (AvgIpc) is 2.51. The molecule has 2 rings (SSSR count). The second kappa shape index (κ2) is 7.92. The molecule has 27 heavy (non-hydrogen) atoms. The zero-order valence-electron chi connectivity index (χ0n) is 16.5. The second-order valence-corrected chi connectivity index (χ2v) is 7.97. The van der Waals surface area contributed by atoms with Gasteiger partial charge >= 0.3 is 12.2 Å². The molecule has 0 spiro atoms. The Bertz CT molecular complexity index is 841. The Morgan fingerprint density at radius 2 is 1.74 bits per heavy atom. The van der Waals surface area contributed by atoms with Gasteiger partial charge in [0, 0.05) is 24.5 Å². The topological polar surface area (TPSA) is 104 Å². The van der Waals surface area contributed by atoms with Gasteiger partial charge in [0.2, 0.25) is 0 Å². The molecule has 3 N–H and O–H groups in total. The van der Waals surface area contributed by atoms with E-state index in [1.807, 2.05) is 24.3 Å². The Morgan fingerprint density at radius 1 is 1.07 bits per heavy atom. The first-order valence-corrected chi connectivity index (χ1v) is 8.79. The fraction of sp³-hybridized carbons (Fsp3) is 0.450. The van der Waals surface area contributed by atoms with Crippen LogP contribution in [0.25, 0.3) is 10.8 Å². The lowest BCUT2D eigenvalue weighted by Crippen LogP contribution is -2.41. The first-order valence-electron chi connectivity index (χ1n) is 8.79. The van der Waals surface area contributed by atoms with E-state index in [1.54, 1.807) is 40.8 Å². The van der Waals surface area contributed by atoms with E-state index >= 15 is 0 Å². The van der Waals surface area contributed by atoms with Gasteiger partial charge in [0.25, 0.3) is 0 Å². The molecule has 0 radical (unpaired) electrons. The number of rotatable bonds is 4. The summed E-state index contributed by atoms with van der Waals surface area (Å²) in [5.74, 6) is 0. The lowest BCUT2D eigenvalue weighted by Gasteiger charge is -2.26. The molecule has 7 heteroatoms. The first-order chi connectivity index (χ1) is 12.5. The van der Waals surface area contributed by atoms with Gasteiger partial charge < -0.3 is 15.2 Å². The van der Waals surface area contributed by atoms with Gasteiger partial charge in [-0.1, -0.05) is 12.1 Å². The second-order valence-electron chi connectivity index (χ2n) is 7.97. The number of ether oxygens (including phenoxy) is 2. The van der Waals surface area contributed by atoms with Gasteiger partial charge in [0.15, 0.2) is 0 Å². The maximum Gasteiger partial charge on any atom is 0.417 e. The molecule has 0 aliphatic carbocycles. The molecule has 2 aromatic rings. The number of amides is 2. The summed E-state index contributed by atoms with van der Waals surface area (Å²) in [6.45, 7) is 9.12. The SMILES string of the molecule is CC(C)(C)OC(=O)NC(=O)OC(C)(C)Cc1nccc2cc(CN)ccc12. The summed E-state index contributed by atoms with van der Waals surface area (Å²) in [5, 5.41) is 4.07. The Balaban J connectivity index is 2.08. The van der Waals surface area contributed by atoms with Gasteiger partial charge in [-0.05, 0) is 57.7 Å². The van der Waals surface area contributed by atoms with Gasteiger partial charge in [0.05, 0.1) is 5.69 Å². The van der Waals surface area contributed by atoms with Crippen LogP contribution in [0.4, 0.5) is 9.59 Å². The summed E-state index contributed by atoms with van der Waals surface area (Å²) in [4.78, 5) is 28.1. The van der Waals surface area contributed by atoms with Gasteiger partial charge in [0.1, 0.15) is 11.2 Å². The van der Waals surface area contributed by atoms with Gasteiger partial charge in [-0.25, -0.2) is 14.9 Å². The number of hydrogen-bond acceptors (Lipinski definition) is 6. The summed E-state index contributed by atoms with van der Waals surface area (Å²) >= 11 is 0. The smallest absolute Gasteiger partial charge is 0.417 e. The van der Waals surface area contributed by atoms with Crippen molar-refractivity contribution in [3.05, 3.63) is 41.7 Å². The van der Waals surface area contributed by atoms with E-state index in [1.165, 1.54) is 0 Å². The lowest BCUT2D eigenvalue weighted by atomic mass is 9.97. The number of nitrogens with zero attached hydrogens (tertiary/aromatic N) is 1. The molecule has 0 aliphatic rings. The van der Waals surface area contributed by atoms with Crippen LogP contribution >= 0.6 is 0 Å². The van der Waals surface area contributed by atoms with E-state index in [4.69, 9.17) is 15.2 Å². The van der Waals surface area contributed by atoms with E-state index in [-0.39, 0.29) is 0 Å². The van der Waals surface area contributed by atoms with Crippen molar-refractivity contribution in [1.29, 1.82) is 0 Å². The summed E-state index contributed by atoms with van der Waals surface area (Å²) in [6, 6.07) is 7.86. The number of nitrogens with two attached hydrogens (primary N) is 1. The zero-order chi connectivity index (χ0) is 20.2. The summed E-state index contributed by atoms with van der Waals surface area (Å²) in [7, 11) is 0. The van der Waals surface area contributed by atoms with Crippen LogP contribution in [0.15, 0.2) is 30.5 Å². The van der Waals surface area contributed by atoms with Crippen molar-refractivity contribution in [3.63, 3.8) is 0 Å². The third-order valence-electron chi connectivity index (χ3n) is 3.71. The number of hydrogen-bond donors (Lipinski definition) is 2. The lowest BCUT2D eigenvalue weighted by molar-refractivity contribution is 0.0278. The van der Waals surface area contributed by atoms with Gasteiger partial charge in [-0.2, -0.15) is 0 Å². The molecule has 146 valence electrons. The van der Waals surface area contributed by atoms with Crippen LogP contribution in [0.2, 0.25) is 0 Å². The van der Waals surface area contributed by atoms with Crippen molar-refractivity contribution in [1.82, 2.24) is 10.3 Å². The predicted molar refractivity (Wildman–Crippen MR) is 103 cm³/mol. The van der Waals surface area contributed by atoms with Crippen molar-refractivity contribution < 1.29 is 19.1 Å². The number of alkyl carbamates (subject to hydrolysis) is 2. The van der Waals surface area contributed by atoms with E-state index < -0.39 is 23.4 Å². The van der Waals surface area contributed by atoms with Crippen LogP contribution < -0.4 is 11.1 Å². The first kappa shape index (κ1) is 20.6. The monoisotopic (exact) mass is 373 g/mol. The normalized spacial score (nSPS) is 11.9. The molecule has 0 atom stereocenters. The molecule has 0 aliphatic heterocycles. The molecule has 1 aromatic heterocycles. The van der Waals surface area contributed by atoms with Gasteiger partial charge in [-0.15, -0.1) is 0 Å². The number of fused-ring (bicyclic) bond motifs is 1. The molecule has 7 nitrogen and oxygen atoms in total.